The number of phosphoric acid groups is 1. The Hall–Kier alpha value is -3.34. The highest BCUT2D eigenvalue weighted by atomic mass is 31.2. The minimum absolute atomic E-state index is 0.139. The van der Waals surface area contributed by atoms with E-state index in [1.165, 1.54) is 38.5 Å². The van der Waals surface area contributed by atoms with Gasteiger partial charge in [0.25, 0.3) is 0 Å². The lowest BCUT2D eigenvalue weighted by Gasteiger charge is -2.18. The zero-order chi connectivity index (χ0) is 42.1. The predicted molar refractivity (Wildman–Crippen MR) is 231 cm³/mol. The molecule has 0 bridgehead atoms. The Kier molecular flexibility index (Phi) is 37.2. The molecule has 324 valence electrons. The predicted octanol–water partition coefficient (Wildman–Crippen LogP) is 10.7. The van der Waals surface area contributed by atoms with E-state index in [1.54, 1.807) is 0 Å². The van der Waals surface area contributed by atoms with Gasteiger partial charge in [0, 0.05) is 12.8 Å². The van der Waals surface area contributed by atoms with Crippen LogP contribution in [0, 0.1) is 0 Å². The first kappa shape index (κ1) is 53.7. The number of carboxylic acid groups (broad SMARTS) is 1. The number of rotatable bonds is 38. The second-order valence-corrected chi connectivity index (χ2v) is 15.3. The topological polar surface area (TPSA) is 169 Å². The SMILES string of the molecule is CC/C=C\C/C=C\C/C=C\C/C=C\C/C=C\C/C=C\C/C=C\CCCC(=O)OCC(O)COP(=O)(O)OCC(NC(=O)CCCCCCCCCCCC)C(=O)O. The van der Waals surface area contributed by atoms with Gasteiger partial charge in [-0.05, 0) is 64.2 Å². The first-order valence-corrected chi connectivity index (χ1v) is 22.6. The van der Waals surface area contributed by atoms with Crippen molar-refractivity contribution in [1.29, 1.82) is 0 Å². The first-order chi connectivity index (χ1) is 27.6. The number of allylic oxidation sites excluding steroid dienone is 14. The molecule has 0 fully saturated rings. The van der Waals surface area contributed by atoms with E-state index in [2.05, 4.69) is 92.1 Å². The molecular formula is C45H74NO10P. The molecule has 0 aromatic carbocycles. The van der Waals surface area contributed by atoms with Gasteiger partial charge in [-0.15, -0.1) is 0 Å². The molecule has 0 saturated carbocycles. The number of hydrogen-bond donors (Lipinski definition) is 4. The van der Waals surface area contributed by atoms with Crippen molar-refractivity contribution in [3.63, 3.8) is 0 Å². The van der Waals surface area contributed by atoms with E-state index < -0.39 is 57.6 Å². The molecule has 0 aromatic rings. The van der Waals surface area contributed by atoms with Gasteiger partial charge in [-0.25, -0.2) is 9.36 Å². The largest absolute Gasteiger partial charge is 0.480 e. The molecular weight excluding hydrogens is 745 g/mol. The second kappa shape index (κ2) is 39.5. The number of carboxylic acids is 1. The minimum Gasteiger partial charge on any atom is -0.480 e. The summed E-state index contributed by atoms with van der Waals surface area (Å²) in [5.41, 5.74) is 0. The van der Waals surface area contributed by atoms with Crippen LogP contribution in [0.25, 0.3) is 0 Å². The third-order valence-corrected chi connectivity index (χ3v) is 9.40. The van der Waals surface area contributed by atoms with Crippen molar-refractivity contribution in [2.24, 2.45) is 0 Å². The fraction of sp³-hybridized carbons (Fsp3) is 0.622. The molecule has 0 saturated heterocycles. The Morgan fingerprint density at radius 1 is 0.579 bits per heavy atom. The van der Waals surface area contributed by atoms with E-state index in [-0.39, 0.29) is 12.8 Å². The van der Waals surface area contributed by atoms with Gasteiger partial charge in [-0.1, -0.05) is 157 Å². The van der Waals surface area contributed by atoms with Gasteiger partial charge in [0.05, 0.1) is 13.2 Å². The van der Waals surface area contributed by atoms with Crippen molar-refractivity contribution >= 4 is 25.7 Å². The standard InChI is InChI=1S/C45H74NO10P/c1-3-5-7-9-11-13-15-16-17-18-19-20-21-22-23-24-25-26-27-29-31-33-35-37-44(49)54-38-41(47)39-55-57(52,53)56-40-42(45(50)51)46-43(48)36-34-32-30-28-14-12-10-8-6-4-2/h5,7,11,13,16-17,19-20,22-23,25-26,29,31,41-42,47H,3-4,6,8-10,12,14-15,18,21,24,27-28,30,32-40H2,1-2H3,(H,46,48)(H,50,51)(H,52,53)/b7-5-,13-11-,17-16-,20-19-,23-22-,26-25-,31-29-. The number of carbonyl (C=O) groups excluding carboxylic acids is 2. The molecule has 4 N–H and O–H groups in total. The van der Waals surface area contributed by atoms with E-state index in [4.69, 9.17) is 13.8 Å². The third kappa shape index (κ3) is 39.3. The van der Waals surface area contributed by atoms with Crippen molar-refractivity contribution in [1.82, 2.24) is 5.32 Å². The third-order valence-electron chi connectivity index (χ3n) is 8.45. The van der Waals surface area contributed by atoms with Crippen LogP contribution in [0.15, 0.2) is 85.1 Å². The smallest absolute Gasteiger partial charge is 0.472 e. The van der Waals surface area contributed by atoms with Crippen molar-refractivity contribution in [3.05, 3.63) is 85.1 Å². The summed E-state index contributed by atoms with van der Waals surface area (Å²) < 4.78 is 26.7. The van der Waals surface area contributed by atoms with Gasteiger partial charge in [0.15, 0.2) is 6.04 Å². The highest BCUT2D eigenvalue weighted by Gasteiger charge is 2.28. The number of esters is 1. The quantitative estimate of drug-likeness (QED) is 0.0204. The van der Waals surface area contributed by atoms with Gasteiger partial charge in [-0.2, -0.15) is 0 Å². The number of aliphatic hydroxyl groups excluding tert-OH is 1. The minimum atomic E-state index is -4.77. The number of aliphatic hydroxyl groups is 1. The van der Waals surface area contributed by atoms with E-state index in [9.17, 15) is 34.1 Å². The van der Waals surface area contributed by atoms with Crippen molar-refractivity contribution in [2.45, 2.75) is 161 Å². The molecule has 1 amide bonds. The Bertz CT molecular complexity index is 1290. The zero-order valence-corrected chi connectivity index (χ0v) is 35.7. The molecule has 0 aliphatic carbocycles. The van der Waals surface area contributed by atoms with E-state index in [0.29, 0.717) is 19.3 Å². The first-order valence-electron chi connectivity index (χ1n) is 21.1. The molecule has 0 aromatic heterocycles. The monoisotopic (exact) mass is 820 g/mol. The number of phosphoric ester groups is 1. The molecule has 0 radical (unpaired) electrons. The van der Waals surface area contributed by atoms with Crippen LogP contribution in [0.2, 0.25) is 0 Å². The van der Waals surface area contributed by atoms with Crippen molar-refractivity contribution < 1.29 is 47.8 Å². The molecule has 3 unspecified atom stereocenters. The summed E-state index contributed by atoms with van der Waals surface area (Å²) in [7, 11) is -4.77. The van der Waals surface area contributed by atoms with Gasteiger partial charge < -0.3 is 25.2 Å². The molecule has 3 atom stereocenters. The highest BCUT2D eigenvalue weighted by Crippen LogP contribution is 2.43. The molecule has 0 rings (SSSR count). The molecule has 0 aliphatic rings. The van der Waals surface area contributed by atoms with Crippen LogP contribution in [0.3, 0.4) is 0 Å². The number of hydrogen-bond acceptors (Lipinski definition) is 8. The molecule has 11 nitrogen and oxygen atoms in total. The Labute approximate surface area is 343 Å². The molecule has 0 aliphatic heterocycles. The average Bonchev–Trinajstić information content (AvgIpc) is 3.18. The van der Waals surface area contributed by atoms with Crippen LogP contribution < -0.4 is 5.32 Å². The lowest BCUT2D eigenvalue weighted by atomic mass is 10.1. The van der Waals surface area contributed by atoms with E-state index in [0.717, 1.165) is 64.2 Å². The van der Waals surface area contributed by atoms with Gasteiger partial charge >= 0.3 is 19.8 Å². The average molecular weight is 820 g/mol. The summed E-state index contributed by atoms with van der Waals surface area (Å²) >= 11 is 0. The van der Waals surface area contributed by atoms with Crippen molar-refractivity contribution in [2.75, 3.05) is 19.8 Å². The molecule has 57 heavy (non-hydrogen) atoms. The Balaban J connectivity index is 4.00. The zero-order valence-electron chi connectivity index (χ0n) is 34.9. The Morgan fingerprint density at radius 2 is 1.02 bits per heavy atom. The van der Waals surface area contributed by atoms with Crippen molar-refractivity contribution in [3.8, 4) is 0 Å². The summed E-state index contributed by atoms with van der Waals surface area (Å²) in [5.74, 6) is -2.45. The number of amides is 1. The van der Waals surface area contributed by atoms with Crippen LogP contribution >= 0.6 is 7.82 Å². The van der Waals surface area contributed by atoms with Gasteiger partial charge in [-0.3, -0.25) is 18.6 Å². The van der Waals surface area contributed by atoms with Crippen LogP contribution in [0.1, 0.15) is 149 Å². The van der Waals surface area contributed by atoms with Crippen LogP contribution in [-0.2, 0) is 32.7 Å². The summed E-state index contributed by atoms with van der Waals surface area (Å²) in [6.45, 7) is 2.37. The summed E-state index contributed by atoms with van der Waals surface area (Å²) in [5, 5.41) is 21.7. The van der Waals surface area contributed by atoms with E-state index in [1.807, 2.05) is 12.2 Å². The summed E-state index contributed by atoms with van der Waals surface area (Å²) in [6.07, 6.45) is 47.7. The lowest BCUT2D eigenvalue weighted by molar-refractivity contribution is -0.147. The molecule has 12 heteroatoms. The Morgan fingerprint density at radius 3 is 1.49 bits per heavy atom. The number of unbranched alkanes of at least 4 members (excludes halogenated alkanes) is 10. The highest BCUT2D eigenvalue weighted by molar-refractivity contribution is 7.47. The fourth-order valence-corrected chi connectivity index (χ4v) is 5.96. The second-order valence-electron chi connectivity index (χ2n) is 13.8. The normalized spacial score (nSPS) is 14.6. The summed E-state index contributed by atoms with van der Waals surface area (Å²) in [6, 6.07) is -1.55. The maximum atomic E-state index is 12.2. The number of carbonyl (C=O) groups is 3. The maximum Gasteiger partial charge on any atom is 0.472 e. The van der Waals surface area contributed by atoms with Gasteiger partial charge in [0.2, 0.25) is 5.91 Å². The van der Waals surface area contributed by atoms with Crippen LogP contribution in [0.5, 0.6) is 0 Å². The van der Waals surface area contributed by atoms with E-state index >= 15 is 0 Å². The van der Waals surface area contributed by atoms with Gasteiger partial charge in [0.1, 0.15) is 12.7 Å². The lowest BCUT2D eigenvalue weighted by Crippen LogP contribution is -2.43. The van der Waals surface area contributed by atoms with Crippen LogP contribution in [0.4, 0.5) is 0 Å². The maximum absolute atomic E-state index is 12.2. The number of aliphatic carboxylic acids is 1. The fourth-order valence-electron chi connectivity index (χ4n) is 5.18. The molecule has 0 heterocycles. The number of nitrogens with one attached hydrogen (secondary N) is 1. The summed E-state index contributed by atoms with van der Waals surface area (Å²) in [4.78, 5) is 45.7. The molecule has 0 spiro atoms. The number of ether oxygens (including phenoxy) is 1. The van der Waals surface area contributed by atoms with Crippen LogP contribution in [-0.4, -0.2) is 64.9 Å².